The summed E-state index contributed by atoms with van der Waals surface area (Å²) >= 11 is 0. The van der Waals surface area contributed by atoms with Crippen LogP contribution in [0.1, 0.15) is 39.5 Å². The third-order valence-electron chi connectivity index (χ3n) is 4.57. The lowest BCUT2D eigenvalue weighted by Crippen LogP contribution is -2.56. The molecule has 0 aromatic heterocycles. The topological polar surface area (TPSA) is 48.9 Å². The summed E-state index contributed by atoms with van der Waals surface area (Å²) in [7, 11) is 6.22. The minimum atomic E-state index is 0.245. The smallest absolute Gasteiger partial charge is 0.191 e. The Bertz CT molecular complexity index is 319. The monoisotopic (exact) mass is 298 g/mol. The van der Waals surface area contributed by atoms with E-state index in [1.165, 1.54) is 25.7 Å². The second-order valence-corrected chi connectivity index (χ2v) is 6.37. The molecule has 0 bridgehead atoms. The van der Waals surface area contributed by atoms with Crippen molar-refractivity contribution in [1.29, 1.82) is 0 Å². The van der Waals surface area contributed by atoms with Gasteiger partial charge in [-0.05, 0) is 39.8 Å². The molecule has 1 aliphatic carbocycles. The molecule has 21 heavy (non-hydrogen) atoms. The molecule has 5 heteroatoms. The maximum Gasteiger partial charge on any atom is 0.191 e. The van der Waals surface area contributed by atoms with E-state index in [0.717, 1.165) is 31.6 Å². The molecule has 124 valence electrons. The number of likely N-dealkylation sites (N-methyl/N-ethyl adjacent to an activating group) is 1. The van der Waals surface area contributed by atoms with Gasteiger partial charge in [0.2, 0.25) is 0 Å². The van der Waals surface area contributed by atoms with Gasteiger partial charge in [0.1, 0.15) is 0 Å². The standard InChI is InChI=1S/C16H34N4O/c1-6-21-11-10-18-15(17-3)19-13-16(20(4)5)9-7-8-14(2)12-16/h14H,6-13H2,1-5H3,(H2,17,18,19). The number of ether oxygens (including phenoxy) is 1. The number of rotatable bonds is 7. The molecule has 1 saturated carbocycles. The van der Waals surface area contributed by atoms with Gasteiger partial charge in [0.05, 0.1) is 6.61 Å². The summed E-state index contributed by atoms with van der Waals surface area (Å²) in [4.78, 5) is 6.69. The summed E-state index contributed by atoms with van der Waals surface area (Å²) in [5.41, 5.74) is 0.245. The number of guanidine groups is 1. The molecule has 2 atom stereocenters. The van der Waals surface area contributed by atoms with Crippen LogP contribution in [-0.2, 0) is 4.74 Å². The van der Waals surface area contributed by atoms with Crippen molar-refractivity contribution in [2.24, 2.45) is 10.9 Å². The summed E-state index contributed by atoms with van der Waals surface area (Å²) < 4.78 is 5.34. The number of hydrogen-bond acceptors (Lipinski definition) is 3. The summed E-state index contributed by atoms with van der Waals surface area (Å²) in [5, 5.41) is 6.81. The lowest BCUT2D eigenvalue weighted by atomic mass is 9.75. The highest BCUT2D eigenvalue weighted by Gasteiger charge is 2.36. The van der Waals surface area contributed by atoms with E-state index in [2.05, 4.69) is 41.5 Å². The molecule has 0 spiro atoms. The van der Waals surface area contributed by atoms with Crippen LogP contribution in [0.15, 0.2) is 4.99 Å². The Kier molecular flexibility index (Phi) is 8.04. The molecule has 0 aromatic rings. The Balaban J connectivity index is 2.48. The average molecular weight is 298 g/mol. The quantitative estimate of drug-likeness (QED) is 0.427. The fourth-order valence-corrected chi connectivity index (χ4v) is 3.21. The van der Waals surface area contributed by atoms with Crippen molar-refractivity contribution in [3.05, 3.63) is 0 Å². The highest BCUT2D eigenvalue weighted by Crippen LogP contribution is 2.35. The second kappa shape index (κ2) is 9.26. The van der Waals surface area contributed by atoms with E-state index in [4.69, 9.17) is 4.74 Å². The summed E-state index contributed by atoms with van der Waals surface area (Å²) in [6.07, 6.45) is 5.19. The fourth-order valence-electron chi connectivity index (χ4n) is 3.21. The lowest BCUT2D eigenvalue weighted by molar-refractivity contribution is 0.0795. The first-order valence-corrected chi connectivity index (χ1v) is 8.23. The first-order valence-electron chi connectivity index (χ1n) is 8.23. The van der Waals surface area contributed by atoms with E-state index in [1.807, 2.05) is 14.0 Å². The van der Waals surface area contributed by atoms with Crippen molar-refractivity contribution < 1.29 is 4.74 Å². The van der Waals surface area contributed by atoms with Crippen molar-refractivity contribution >= 4 is 5.96 Å². The van der Waals surface area contributed by atoms with Crippen molar-refractivity contribution in [2.45, 2.75) is 45.1 Å². The average Bonchev–Trinajstić information content (AvgIpc) is 2.46. The van der Waals surface area contributed by atoms with Gasteiger partial charge in [-0.2, -0.15) is 0 Å². The van der Waals surface area contributed by atoms with E-state index in [9.17, 15) is 0 Å². The predicted octanol–water partition coefficient (Wildman–Crippen LogP) is 1.70. The molecule has 2 unspecified atom stereocenters. The first-order chi connectivity index (χ1) is 10.0. The number of hydrogen-bond donors (Lipinski definition) is 2. The molecular weight excluding hydrogens is 264 g/mol. The SMILES string of the molecule is CCOCCNC(=NC)NCC1(N(C)C)CCCC(C)C1. The third-order valence-corrected chi connectivity index (χ3v) is 4.57. The van der Waals surface area contributed by atoms with Crippen LogP contribution in [0, 0.1) is 5.92 Å². The molecule has 1 rings (SSSR count). The highest BCUT2D eigenvalue weighted by molar-refractivity contribution is 5.79. The van der Waals surface area contributed by atoms with Gasteiger partial charge in [-0.1, -0.05) is 19.8 Å². The number of nitrogens with one attached hydrogen (secondary N) is 2. The molecular formula is C16H34N4O. The van der Waals surface area contributed by atoms with Gasteiger partial charge in [0.25, 0.3) is 0 Å². The van der Waals surface area contributed by atoms with Crippen molar-refractivity contribution in [1.82, 2.24) is 15.5 Å². The molecule has 0 amide bonds. The summed E-state index contributed by atoms with van der Waals surface area (Å²) in [6.45, 7) is 7.59. The Morgan fingerprint density at radius 2 is 2.14 bits per heavy atom. The first kappa shape index (κ1) is 18.2. The van der Waals surface area contributed by atoms with Gasteiger partial charge in [-0.3, -0.25) is 4.99 Å². The van der Waals surface area contributed by atoms with E-state index in [-0.39, 0.29) is 5.54 Å². The minimum Gasteiger partial charge on any atom is -0.380 e. The van der Waals surface area contributed by atoms with Gasteiger partial charge in [-0.15, -0.1) is 0 Å². The maximum atomic E-state index is 5.34. The normalized spacial score (nSPS) is 27.0. The fraction of sp³-hybridized carbons (Fsp3) is 0.938. The highest BCUT2D eigenvalue weighted by atomic mass is 16.5. The maximum absolute atomic E-state index is 5.34. The molecule has 1 fully saturated rings. The largest absolute Gasteiger partial charge is 0.380 e. The molecule has 0 radical (unpaired) electrons. The predicted molar refractivity (Wildman–Crippen MR) is 89.9 cm³/mol. The van der Waals surface area contributed by atoms with E-state index >= 15 is 0 Å². The van der Waals surface area contributed by atoms with E-state index < -0.39 is 0 Å². The number of aliphatic imine (C=N–C) groups is 1. The molecule has 0 aliphatic heterocycles. The van der Waals surface area contributed by atoms with Crippen LogP contribution in [0.3, 0.4) is 0 Å². The van der Waals surface area contributed by atoms with Gasteiger partial charge in [-0.25, -0.2) is 0 Å². The summed E-state index contributed by atoms with van der Waals surface area (Å²) in [6, 6.07) is 0. The molecule has 1 aliphatic rings. The zero-order valence-corrected chi connectivity index (χ0v) is 14.5. The molecule has 5 nitrogen and oxygen atoms in total. The van der Waals surface area contributed by atoms with Gasteiger partial charge in [0.15, 0.2) is 5.96 Å². The van der Waals surface area contributed by atoms with Crippen molar-refractivity contribution in [2.75, 3.05) is 47.4 Å². The molecule has 0 saturated heterocycles. The zero-order valence-electron chi connectivity index (χ0n) is 14.5. The molecule has 2 N–H and O–H groups in total. The van der Waals surface area contributed by atoms with Crippen LogP contribution in [0.2, 0.25) is 0 Å². The van der Waals surface area contributed by atoms with Crippen LogP contribution >= 0.6 is 0 Å². The van der Waals surface area contributed by atoms with E-state index in [1.54, 1.807) is 0 Å². The minimum absolute atomic E-state index is 0.245. The third kappa shape index (κ3) is 5.83. The van der Waals surface area contributed by atoms with Crippen molar-refractivity contribution in [3.63, 3.8) is 0 Å². The Hall–Kier alpha value is -0.810. The van der Waals surface area contributed by atoms with Crippen LogP contribution in [0.25, 0.3) is 0 Å². The van der Waals surface area contributed by atoms with Gasteiger partial charge >= 0.3 is 0 Å². The van der Waals surface area contributed by atoms with Crippen LogP contribution in [0.5, 0.6) is 0 Å². The van der Waals surface area contributed by atoms with Crippen LogP contribution < -0.4 is 10.6 Å². The molecule has 0 heterocycles. The van der Waals surface area contributed by atoms with Gasteiger partial charge < -0.3 is 20.3 Å². The second-order valence-electron chi connectivity index (χ2n) is 6.37. The number of nitrogens with zero attached hydrogens (tertiary/aromatic N) is 2. The Morgan fingerprint density at radius 1 is 1.38 bits per heavy atom. The van der Waals surface area contributed by atoms with Crippen molar-refractivity contribution in [3.8, 4) is 0 Å². The van der Waals surface area contributed by atoms with Crippen LogP contribution in [-0.4, -0.2) is 63.8 Å². The van der Waals surface area contributed by atoms with Crippen LogP contribution in [0.4, 0.5) is 0 Å². The summed E-state index contributed by atoms with van der Waals surface area (Å²) in [5.74, 6) is 1.67. The Morgan fingerprint density at radius 3 is 2.71 bits per heavy atom. The van der Waals surface area contributed by atoms with E-state index in [0.29, 0.717) is 6.61 Å². The Labute approximate surface area is 130 Å². The molecule has 0 aromatic carbocycles. The van der Waals surface area contributed by atoms with Gasteiger partial charge in [0, 0.05) is 32.3 Å². The zero-order chi connectivity index (χ0) is 15.7. The lowest BCUT2D eigenvalue weighted by Gasteiger charge is -2.45.